The average molecular weight is 312 g/mol. The fourth-order valence-electron chi connectivity index (χ4n) is 2.09. The highest BCUT2D eigenvalue weighted by Gasteiger charge is 2.24. The van der Waals surface area contributed by atoms with Gasteiger partial charge in [0.15, 0.2) is 5.17 Å². The predicted octanol–water partition coefficient (Wildman–Crippen LogP) is 4.10. The van der Waals surface area contributed by atoms with Gasteiger partial charge in [-0.25, -0.2) is 4.99 Å². The highest BCUT2D eigenvalue weighted by molar-refractivity contribution is 8.18. The van der Waals surface area contributed by atoms with Crippen molar-refractivity contribution in [1.29, 1.82) is 0 Å². The highest BCUT2D eigenvalue weighted by atomic mass is 32.2. The Balaban J connectivity index is 1.86. The van der Waals surface area contributed by atoms with E-state index in [2.05, 4.69) is 10.3 Å². The third-order valence-electron chi connectivity index (χ3n) is 3.27. The van der Waals surface area contributed by atoms with Crippen molar-refractivity contribution in [3.8, 4) is 0 Å². The molecule has 0 unspecified atom stereocenters. The average Bonchev–Trinajstić information content (AvgIpc) is 3.01. The fourth-order valence-corrected chi connectivity index (χ4v) is 2.90. The third-order valence-corrected chi connectivity index (χ3v) is 4.18. The van der Waals surface area contributed by atoms with Crippen LogP contribution in [0.15, 0.2) is 44.6 Å². The number of furan rings is 1. The maximum atomic E-state index is 12.0. The molecular formula is C17H16N2O2S. The molecule has 0 aliphatic carbocycles. The molecule has 1 aliphatic rings. The second-order valence-electron chi connectivity index (χ2n) is 5.22. The minimum absolute atomic E-state index is 0.150. The summed E-state index contributed by atoms with van der Waals surface area (Å²) in [4.78, 5) is 17.1. The van der Waals surface area contributed by atoms with E-state index in [1.165, 1.54) is 11.8 Å². The summed E-state index contributed by atoms with van der Waals surface area (Å²) in [6, 6.07) is 9.79. The van der Waals surface area contributed by atoms with Crippen molar-refractivity contribution in [3.05, 3.63) is 57.9 Å². The van der Waals surface area contributed by atoms with E-state index >= 15 is 0 Å². The van der Waals surface area contributed by atoms with E-state index < -0.39 is 0 Å². The molecule has 0 spiro atoms. The number of nitrogens with one attached hydrogen (secondary N) is 1. The van der Waals surface area contributed by atoms with Gasteiger partial charge in [0.05, 0.1) is 10.6 Å². The minimum Gasteiger partial charge on any atom is -0.462 e. The highest BCUT2D eigenvalue weighted by Crippen LogP contribution is 2.29. The first-order valence-corrected chi connectivity index (χ1v) is 7.76. The number of hydrogen-bond acceptors (Lipinski definition) is 4. The quantitative estimate of drug-likeness (QED) is 0.850. The van der Waals surface area contributed by atoms with Crippen LogP contribution in [0.25, 0.3) is 6.08 Å². The number of thioether (sulfide) groups is 1. The van der Waals surface area contributed by atoms with Gasteiger partial charge in [-0.3, -0.25) is 4.79 Å². The first-order chi connectivity index (χ1) is 10.5. The number of amidine groups is 1. The zero-order valence-electron chi connectivity index (χ0n) is 12.6. The molecule has 1 amide bonds. The number of carbonyl (C=O) groups excluding carboxylic acids is 1. The van der Waals surface area contributed by atoms with Crippen LogP contribution in [0.5, 0.6) is 0 Å². The lowest BCUT2D eigenvalue weighted by Crippen LogP contribution is -2.19. The monoisotopic (exact) mass is 312 g/mol. The Morgan fingerprint density at radius 1 is 1.18 bits per heavy atom. The molecule has 1 aromatic heterocycles. The van der Waals surface area contributed by atoms with Gasteiger partial charge in [-0.1, -0.05) is 12.1 Å². The number of hydrogen-bond donors (Lipinski definition) is 1. The van der Waals surface area contributed by atoms with E-state index in [0.29, 0.717) is 15.8 Å². The van der Waals surface area contributed by atoms with Crippen LogP contribution < -0.4 is 5.32 Å². The Labute approximate surface area is 133 Å². The van der Waals surface area contributed by atoms with Crippen LogP contribution in [-0.4, -0.2) is 11.1 Å². The molecule has 1 fully saturated rings. The fraction of sp³-hybridized carbons (Fsp3) is 0.176. The van der Waals surface area contributed by atoms with Crippen LogP contribution in [0, 0.1) is 20.8 Å². The van der Waals surface area contributed by atoms with Crippen LogP contribution in [0.1, 0.15) is 22.6 Å². The van der Waals surface area contributed by atoms with Crippen LogP contribution in [0.4, 0.5) is 5.69 Å². The summed E-state index contributed by atoms with van der Waals surface area (Å²) < 4.78 is 5.47. The lowest BCUT2D eigenvalue weighted by atomic mass is 10.1. The molecular weight excluding hydrogens is 296 g/mol. The van der Waals surface area contributed by atoms with Gasteiger partial charge in [-0.2, -0.15) is 0 Å². The van der Waals surface area contributed by atoms with Gasteiger partial charge in [-0.15, -0.1) is 0 Å². The van der Waals surface area contributed by atoms with Gasteiger partial charge in [0.25, 0.3) is 5.91 Å². The van der Waals surface area contributed by atoms with Gasteiger partial charge in [0.1, 0.15) is 11.5 Å². The first-order valence-electron chi connectivity index (χ1n) is 6.94. The molecule has 0 saturated carbocycles. The molecule has 112 valence electrons. The maximum Gasteiger partial charge on any atom is 0.264 e. The number of amides is 1. The molecule has 1 N–H and O–H groups in total. The molecule has 3 rings (SSSR count). The molecule has 22 heavy (non-hydrogen) atoms. The Kier molecular flexibility index (Phi) is 3.90. The van der Waals surface area contributed by atoms with Gasteiger partial charge >= 0.3 is 0 Å². The smallest absolute Gasteiger partial charge is 0.264 e. The summed E-state index contributed by atoms with van der Waals surface area (Å²) in [5, 5.41) is 3.38. The van der Waals surface area contributed by atoms with Gasteiger partial charge in [0.2, 0.25) is 0 Å². The van der Waals surface area contributed by atoms with Crippen molar-refractivity contribution in [3.63, 3.8) is 0 Å². The molecule has 5 heteroatoms. The summed E-state index contributed by atoms with van der Waals surface area (Å²) in [7, 11) is 0. The number of nitrogens with zero attached hydrogens (tertiary/aromatic N) is 1. The van der Waals surface area contributed by atoms with Crippen LogP contribution in [0.2, 0.25) is 0 Å². The van der Waals surface area contributed by atoms with Crippen molar-refractivity contribution in [2.75, 3.05) is 0 Å². The Hall–Kier alpha value is -2.27. The Morgan fingerprint density at radius 3 is 2.73 bits per heavy atom. The standard InChI is InChI=1S/C17H16N2O2S/c1-10-4-5-11(2)14(8-10)18-17-19-16(20)15(22-17)9-13-7-6-12(3)21-13/h4-9H,1-3H3,(H,18,19,20). The normalized spacial score (nSPS) is 18.2. The summed E-state index contributed by atoms with van der Waals surface area (Å²) in [5.41, 5.74) is 3.09. The predicted molar refractivity (Wildman–Crippen MR) is 90.2 cm³/mol. The van der Waals surface area contributed by atoms with E-state index in [1.807, 2.05) is 51.1 Å². The molecule has 1 aromatic carbocycles. The molecule has 4 nitrogen and oxygen atoms in total. The van der Waals surface area contributed by atoms with Crippen molar-refractivity contribution in [1.82, 2.24) is 5.32 Å². The topological polar surface area (TPSA) is 54.6 Å². The van der Waals surface area contributed by atoms with E-state index in [9.17, 15) is 4.79 Å². The summed E-state index contributed by atoms with van der Waals surface area (Å²) in [6.45, 7) is 5.90. The number of carbonyl (C=O) groups is 1. The zero-order chi connectivity index (χ0) is 15.7. The van der Waals surface area contributed by atoms with E-state index in [4.69, 9.17) is 4.42 Å². The first kappa shape index (κ1) is 14.7. The molecule has 0 atom stereocenters. The number of aryl methyl sites for hydroxylation is 3. The molecule has 1 aliphatic heterocycles. The molecule has 2 aromatic rings. The molecule has 0 radical (unpaired) electrons. The van der Waals surface area contributed by atoms with Gasteiger partial charge in [-0.05, 0) is 61.9 Å². The van der Waals surface area contributed by atoms with Crippen molar-refractivity contribution < 1.29 is 9.21 Å². The van der Waals surface area contributed by atoms with Crippen LogP contribution >= 0.6 is 11.8 Å². The second-order valence-corrected chi connectivity index (χ2v) is 6.25. The summed E-state index contributed by atoms with van der Waals surface area (Å²) in [5.74, 6) is 1.34. The number of rotatable bonds is 2. The van der Waals surface area contributed by atoms with Crippen LogP contribution in [-0.2, 0) is 4.79 Å². The van der Waals surface area contributed by atoms with E-state index in [-0.39, 0.29) is 5.91 Å². The third kappa shape index (κ3) is 3.14. The zero-order valence-corrected chi connectivity index (χ0v) is 13.5. The van der Waals surface area contributed by atoms with Crippen LogP contribution in [0.3, 0.4) is 0 Å². The minimum atomic E-state index is -0.150. The molecule has 0 bridgehead atoms. The SMILES string of the molecule is Cc1ccc(C)c(N=C2NC(=O)C(=Cc3ccc(C)o3)S2)c1. The van der Waals surface area contributed by atoms with Crippen molar-refractivity contribution in [2.45, 2.75) is 20.8 Å². The number of benzene rings is 1. The summed E-state index contributed by atoms with van der Waals surface area (Å²) >= 11 is 1.32. The summed E-state index contributed by atoms with van der Waals surface area (Å²) in [6.07, 6.45) is 1.73. The Morgan fingerprint density at radius 2 is 2.00 bits per heavy atom. The largest absolute Gasteiger partial charge is 0.462 e. The second kappa shape index (κ2) is 5.85. The maximum absolute atomic E-state index is 12.0. The van der Waals surface area contributed by atoms with Crippen molar-refractivity contribution in [2.24, 2.45) is 4.99 Å². The number of aliphatic imine (C=N–C) groups is 1. The van der Waals surface area contributed by atoms with Gasteiger partial charge in [0, 0.05) is 6.08 Å². The van der Waals surface area contributed by atoms with Gasteiger partial charge < -0.3 is 9.73 Å². The van der Waals surface area contributed by atoms with Crippen molar-refractivity contribution >= 4 is 34.6 Å². The lowest BCUT2D eigenvalue weighted by Gasteiger charge is -2.02. The lowest BCUT2D eigenvalue weighted by molar-refractivity contribution is -0.115. The molecule has 1 saturated heterocycles. The Bertz CT molecular complexity index is 803. The van der Waals surface area contributed by atoms with E-state index in [0.717, 1.165) is 22.6 Å². The molecule has 2 heterocycles. The van der Waals surface area contributed by atoms with E-state index in [1.54, 1.807) is 6.08 Å².